The number of benzene rings is 1. The van der Waals surface area contributed by atoms with Gasteiger partial charge in [-0.2, -0.15) is 0 Å². The summed E-state index contributed by atoms with van der Waals surface area (Å²) in [6, 6.07) is 7.79. The highest BCUT2D eigenvalue weighted by molar-refractivity contribution is 6.30. The largest absolute Gasteiger partial charge is 0.325 e. The molecule has 0 aliphatic carbocycles. The molecule has 2 saturated heterocycles. The molecule has 2 heterocycles. The van der Waals surface area contributed by atoms with Gasteiger partial charge < -0.3 is 10.6 Å². The number of nitrogens with one attached hydrogen (secondary N) is 2. The van der Waals surface area contributed by atoms with Gasteiger partial charge in [0.2, 0.25) is 5.91 Å². The lowest BCUT2D eigenvalue weighted by molar-refractivity contribution is -0.117. The number of halogens is 1. The summed E-state index contributed by atoms with van der Waals surface area (Å²) >= 11 is 5.83. The molecule has 2 fully saturated rings. The number of anilines is 1. The SMILES string of the molecule is O=C(CN1C[C@@H]2CCCN[C@@H]2C1)Nc1ccc(Cl)cc1. The van der Waals surface area contributed by atoms with E-state index in [2.05, 4.69) is 15.5 Å². The zero-order valence-electron chi connectivity index (χ0n) is 11.4. The van der Waals surface area contributed by atoms with Gasteiger partial charge in [-0.15, -0.1) is 0 Å². The molecule has 108 valence electrons. The number of carbonyl (C=O) groups excluding carboxylic acids is 1. The number of fused-ring (bicyclic) bond motifs is 1. The van der Waals surface area contributed by atoms with Crippen molar-refractivity contribution in [2.45, 2.75) is 18.9 Å². The van der Waals surface area contributed by atoms with Gasteiger partial charge in [0, 0.05) is 29.8 Å². The van der Waals surface area contributed by atoms with E-state index in [9.17, 15) is 4.79 Å². The predicted octanol–water partition coefficient (Wildman–Crippen LogP) is 1.96. The Morgan fingerprint density at radius 1 is 1.35 bits per heavy atom. The topological polar surface area (TPSA) is 44.4 Å². The van der Waals surface area contributed by atoms with Crippen LogP contribution in [0.4, 0.5) is 5.69 Å². The van der Waals surface area contributed by atoms with Crippen LogP contribution in [-0.4, -0.2) is 43.0 Å². The van der Waals surface area contributed by atoms with Gasteiger partial charge in [0.1, 0.15) is 0 Å². The molecule has 5 heteroatoms. The molecular formula is C15H20ClN3O. The van der Waals surface area contributed by atoms with Crippen molar-refractivity contribution in [3.63, 3.8) is 0 Å². The molecule has 2 aliphatic rings. The van der Waals surface area contributed by atoms with Crippen molar-refractivity contribution < 1.29 is 4.79 Å². The molecular weight excluding hydrogens is 274 g/mol. The molecule has 0 spiro atoms. The number of likely N-dealkylation sites (tertiary alicyclic amines) is 1. The average Bonchev–Trinajstić information content (AvgIpc) is 2.83. The minimum absolute atomic E-state index is 0.0472. The first-order valence-corrected chi connectivity index (χ1v) is 7.59. The van der Waals surface area contributed by atoms with E-state index in [1.54, 1.807) is 12.1 Å². The zero-order valence-corrected chi connectivity index (χ0v) is 12.2. The summed E-state index contributed by atoms with van der Waals surface area (Å²) in [6.07, 6.45) is 2.54. The Morgan fingerprint density at radius 2 is 2.15 bits per heavy atom. The maximum absolute atomic E-state index is 12.1. The minimum atomic E-state index is 0.0472. The van der Waals surface area contributed by atoms with Crippen molar-refractivity contribution in [3.05, 3.63) is 29.3 Å². The second kappa shape index (κ2) is 6.12. The number of piperidine rings is 1. The molecule has 1 aromatic carbocycles. The summed E-state index contributed by atoms with van der Waals surface area (Å²) in [5.74, 6) is 0.762. The number of carbonyl (C=O) groups is 1. The molecule has 2 atom stereocenters. The summed E-state index contributed by atoms with van der Waals surface area (Å²) < 4.78 is 0. The standard InChI is InChI=1S/C15H20ClN3O/c16-12-3-5-13(6-4-12)18-15(20)10-19-8-11-2-1-7-17-14(11)9-19/h3-6,11,14,17H,1-2,7-10H2,(H,18,20)/t11-,14+/m0/s1. The van der Waals surface area contributed by atoms with Crippen LogP contribution in [0.3, 0.4) is 0 Å². The van der Waals surface area contributed by atoms with Crippen LogP contribution in [0.2, 0.25) is 5.02 Å². The molecule has 0 unspecified atom stereocenters. The highest BCUT2D eigenvalue weighted by Gasteiger charge is 2.34. The van der Waals surface area contributed by atoms with Crippen molar-refractivity contribution in [2.75, 3.05) is 31.5 Å². The zero-order chi connectivity index (χ0) is 13.9. The van der Waals surface area contributed by atoms with Gasteiger partial charge in [0.05, 0.1) is 6.54 Å². The summed E-state index contributed by atoms with van der Waals surface area (Å²) in [6.45, 7) is 3.60. The Labute approximate surface area is 124 Å². The minimum Gasteiger partial charge on any atom is -0.325 e. The molecule has 2 aliphatic heterocycles. The van der Waals surface area contributed by atoms with Crippen molar-refractivity contribution in [1.82, 2.24) is 10.2 Å². The molecule has 1 amide bonds. The fourth-order valence-corrected chi connectivity index (χ4v) is 3.33. The van der Waals surface area contributed by atoms with Gasteiger partial charge in [0.15, 0.2) is 0 Å². The van der Waals surface area contributed by atoms with Gasteiger partial charge in [-0.25, -0.2) is 0 Å². The van der Waals surface area contributed by atoms with Crippen LogP contribution in [0.5, 0.6) is 0 Å². The van der Waals surface area contributed by atoms with Crippen LogP contribution >= 0.6 is 11.6 Å². The monoisotopic (exact) mass is 293 g/mol. The molecule has 1 aromatic rings. The molecule has 3 rings (SSSR count). The van der Waals surface area contributed by atoms with E-state index in [1.165, 1.54) is 12.8 Å². The van der Waals surface area contributed by atoms with E-state index in [4.69, 9.17) is 11.6 Å². The maximum Gasteiger partial charge on any atom is 0.238 e. The van der Waals surface area contributed by atoms with Gasteiger partial charge in [-0.05, 0) is 49.6 Å². The van der Waals surface area contributed by atoms with Crippen molar-refractivity contribution >= 4 is 23.2 Å². The van der Waals surface area contributed by atoms with E-state index < -0.39 is 0 Å². The van der Waals surface area contributed by atoms with Crippen LogP contribution < -0.4 is 10.6 Å². The number of nitrogens with zero attached hydrogens (tertiary/aromatic N) is 1. The fraction of sp³-hybridized carbons (Fsp3) is 0.533. The third-order valence-electron chi connectivity index (χ3n) is 4.17. The third kappa shape index (κ3) is 3.32. The first-order valence-electron chi connectivity index (χ1n) is 7.22. The van der Waals surface area contributed by atoms with Crippen LogP contribution in [0, 0.1) is 5.92 Å². The summed E-state index contributed by atoms with van der Waals surface area (Å²) in [4.78, 5) is 14.3. The van der Waals surface area contributed by atoms with Gasteiger partial charge in [0.25, 0.3) is 0 Å². The highest BCUT2D eigenvalue weighted by atomic mass is 35.5. The van der Waals surface area contributed by atoms with Crippen LogP contribution in [0.15, 0.2) is 24.3 Å². The van der Waals surface area contributed by atoms with Crippen molar-refractivity contribution in [1.29, 1.82) is 0 Å². The lowest BCUT2D eigenvalue weighted by atomic mass is 9.94. The van der Waals surface area contributed by atoms with Crippen molar-refractivity contribution in [3.8, 4) is 0 Å². The first-order chi connectivity index (χ1) is 9.70. The fourth-order valence-electron chi connectivity index (χ4n) is 3.20. The number of hydrogen-bond donors (Lipinski definition) is 2. The number of rotatable bonds is 3. The predicted molar refractivity (Wildman–Crippen MR) is 81.0 cm³/mol. The maximum atomic E-state index is 12.1. The van der Waals surface area contributed by atoms with Crippen LogP contribution in [-0.2, 0) is 4.79 Å². The Bertz CT molecular complexity index is 463. The second-order valence-electron chi connectivity index (χ2n) is 5.71. The molecule has 0 bridgehead atoms. The van der Waals surface area contributed by atoms with Crippen molar-refractivity contribution in [2.24, 2.45) is 5.92 Å². The van der Waals surface area contributed by atoms with Gasteiger partial charge in [-0.1, -0.05) is 11.6 Å². The van der Waals surface area contributed by atoms with E-state index in [-0.39, 0.29) is 5.91 Å². The Hall–Kier alpha value is -1.10. The summed E-state index contributed by atoms with van der Waals surface area (Å²) in [7, 11) is 0. The lowest BCUT2D eigenvalue weighted by Crippen LogP contribution is -2.41. The summed E-state index contributed by atoms with van der Waals surface area (Å²) in [5, 5.41) is 7.15. The molecule has 20 heavy (non-hydrogen) atoms. The number of amides is 1. The van der Waals surface area contributed by atoms with E-state index in [1.807, 2.05) is 12.1 Å². The number of hydrogen-bond acceptors (Lipinski definition) is 3. The smallest absolute Gasteiger partial charge is 0.238 e. The lowest BCUT2D eigenvalue weighted by Gasteiger charge is -2.24. The molecule has 0 saturated carbocycles. The third-order valence-corrected chi connectivity index (χ3v) is 4.42. The second-order valence-corrected chi connectivity index (χ2v) is 6.15. The summed E-state index contributed by atoms with van der Waals surface area (Å²) in [5.41, 5.74) is 0.800. The van der Waals surface area contributed by atoms with Crippen LogP contribution in [0.1, 0.15) is 12.8 Å². The average molecular weight is 294 g/mol. The Kier molecular flexibility index (Phi) is 4.24. The molecule has 4 nitrogen and oxygen atoms in total. The highest BCUT2D eigenvalue weighted by Crippen LogP contribution is 2.24. The first kappa shape index (κ1) is 13.9. The molecule has 2 N–H and O–H groups in total. The van der Waals surface area contributed by atoms with Crippen LogP contribution in [0.25, 0.3) is 0 Å². The molecule has 0 radical (unpaired) electrons. The normalized spacial score (nSPS) is 26.2. The van der Waals surface area contributed by atoms with Gasteiger partial charge in [-0.3, -0.25) is 9.69 Å². The van der Waals surface area contributed by atoms with E-state index >= 15 is 0 Å². The molecule has 0 aromatic heterocycles. The Balaban J connectivity index is 1.50. The quantitative estimate of drug-likeness (QED) is 0.895. The van der Waals surface area contributed by atoms with E-state index in [0.717, 1.165) is 25.3 Å². The Morgan fingerprint density at radius 3 is 2.90 bits per heavy atom. The van der Waals surface area contributed by atoms with E-state index in [0.29, 0.717) is 23.5 Å². The van der Waals surface area contributed by atoms with Gasteiger partial charge >= 0.3 is 0 Å².